The molecule has 0 aromatic heterocycles. The highest BCUT2D eigenvalue weighted by molar-refractivity contribution is 5.02. The molecule has 0 bridgehead atoms. The van der Waals surface area contributed by atoms with Gasteiger partial charge >= 0.3 is 0 Å². The van der Waals surface area contributed by atoms with Crippen LogP contribution in [0.3, 0.4) is 0 Å². The lowest BCUT2D eigenvalue weighted by Gasteiger charge is -2.40. The van der Waals surface area contributed by atoms with Gasteiger partial charge in [-0.1, -0.05) is 0 Å². The van der Waals surface area contributed by atoms with Crippen molar-refractivity contribution in [3.63, 3.8) is 0 Å². The first-order chi connectivity index (χ1) is 7.60. The van der Waals surface area contributed by atoms with E-state index in [0.29, 0.717) is 0 Å². The molecule has 1 saturated heterocycles. The van der Waals surface area contributed by atoms with Crippen LogP contribution < -0.4 is 0 Å². The van der Waals surface area contributed by atoms with E-state index in [1.54, 1.807) is 7.11 Å². The fraction of sp³-hybridized carbons (Fsp3) is 0.917. The van der Waals surface area contributed by atoms with Crippen molar-refractivity contribution in [1.29, 1.82) is 5.26 Å². The molecule has 0 amide bonds. The van der Waals surface area contributed by atoms with E-state index in [1.165, 1.54) is 0 Å². The molecule has 1 aliphatic heterocycles. The zero-order valence-electron chi connectivity index (χ0n) is 10.7. The van der Waals surface area contributed by atoms with Gasteiger partial charge in [-0.2, -0.15) is 5.26 Å². The maximum absolute atomic E-state index is 9.06. The standard InChI is InChI=1S/C12H23N3O/c1-12(2,11-13)15-8-6-14(7-9-15)5-4-10-16-3/h4-10H2,1-3H3. The monoisotopic (exact) mass is 225 g/mol. The highest BCUT2D eigenvalue weighted by Gasteiger charge is 2.29. The summed E-state index contributed by atoms with van der Waals surface area (Å²) in [6, 6.07) is 2.37. The molecule has 0 aliphatic carbocycles. The van der Waals surface area contributed by atoms with E-state index >= 15 is 0 Å². The molecule has 0 spiro atoms. The third kappa shape index (κ3) is 3.75. The molecule has 92 valence electrons. The van der Waals surface area contributed by atoms with Crippen LogP contribution in [0.5, 0.6) is 0 Å². The number of rotatable bonds is 5. The van der Waals surface area contributed by atoms with E-state index in [9.17, 15) is 0 Å². The van der Waals surface area contributed by atoms with Gasteiger partial charge in [0.1, 0.15) is 5.54 Å². The number of nitriles is 1. The highest BCUT2D eigenvalue weighted by atomic mass is 16.5. The zero-order valence-corrected chi connectivity index (χ0v) is 10.7. The van der Waals surface area contributed by atoms with E-state index in [1.807, 2.05) is 13.8 Å². The molecule has 0 saturated carbocycles. The molecule has 0 aromatic carbocycles. The van der Waals surface area contributed by atoms with Crippen LogP contribution in [-0.4, -0.2) is 61.8 Å². The lowest BCUT2D eigenvalue weighted by molar-refractivity contribution is 0.0741. The van der Waals surface area contributed by atoms with Crippen molar-refractivity contribution in [2.75, 3.05) is 46.4 Å². The zero-order chi connectivity index (χ0) is 12.0. The Labute approximate surface area is 98.8 Å². The van der Waals surface area contributed by atoms with Crippen LogP contribution in [0.15, 0.2) is 0 Å². The van der Waals surface area contributed by atoms with Gasteiger partial charge in [0.25, 0.3) is 0 Å². The van der Waals surface area contributed by atoms with Crippen LogP contribution in [0.4, 0.5) is 0 Å². The molecular weight excluding hydrogens is 202 g/mol. The Morgan fingerprint density at radius 3 is 2.38 bits per heavy atom. The van der Waals surface area contributed by atoms with Gasteiger partial charge in [-0.25, -0.2) is 0 Å². The second-order valence-electron chi connectivity index (χ2n) is 4.85. The average molecular weight is 225 g/mol. The summed E-state index contributed by atoms with van der Waals surface area (Å²) in [5.74, 6) is 0. The molecule has 4 heteroatoms. The van der Waals surface area contributed by atoms with E-state index < -0.39 is 0 Å². The summed E-state index contributed by atoms with van der Waals surface area (Å²) in [5.41, 5.74) is -0.321. The van der Waals surface area contributed by atoms with Gasteiger partial charge in [0.05, 0.1) is 6.07 Å². The fourth-order valence-electron chi connectivity index (χ4n) is 2.03. The molecule has 1 heterocycles. The SMILES string of the molecule is COCCCN1CCN(C(C)(C)C#N)CC1. The summed E-state index contributed by atoms with van der Waals surface area (Å²) in [7, 11) is 1.74. The minimum atomic E-state index is -0.321. The predicted molar refractivity (Wildman–Crippen MR) is 64.2 cm³/mol. The molecule has 0 atom stereocenters. The van der Waals surface area contributed by atoms with Crippen molar-refractivity contribution >= 4 is 0 Å². The molecule has 16 heavy (non-hydrogen) atoms. The van der Waals surface area contributed by atoms with Crippen LogP contribution >= 0.6 is 0 Å². The maximum atomic E-state index is 9.06. The quantitative estimate of drug-likeness (QED) is 0.653. The average Bonchev–Trinajstić information content (AvgIpc) is 2.30. The molecule has 0 aromatic rings. The van der Waals surface area contributed by atoms with Gasteiger partial charge in [-0.3, -0.25) is 4.90 Å². The second-order valence-corrected chi connectivity index (χ2v) is 4.85. The maximum Gasteiger partial charge on any atom is 0.103 e. The van der Waals surface area contributed by atoms with Crippen LogP contribution in [0.2, 0.25) is 0 Å². The second kappa shape index (κ2) is 6.19. The summed E-state index contributed by atoms with van der Waals surface area (Å²) in [6.45, 7) is 10.0. The van der Waals surface area contributed by atoms with Crippen molar-refractivity contribution in [3.8, 4) is 6.07 Å². The van der Waals surface area contributed by atoms with Crippen LogP contribution in [0.1, 0.15) is 20.3 Å². The molecule has 1 fully saturated rings. The lowest BCUT2D eigenvalue weighted by Crippen LogP contribution is -2.54. The van der Waals surface area contributed by atoms with Crippen LogP contribution in [0.25, 0.3) is 0 Å². The van der Waals surface area contributed by atoms with Gasteiger partial charge in [0, 0.05) is 46.4 Å². The van der Waals surface area contributed by atoms with Crippen molar-refractivity contribution in [1.82, 2.24) is 9.80 Å². The topological polar surface area (TPSA) is 39.5 Å². The Kier molecular flexibility index (Phi) is 5.20. The Bertz CT molecular complexity index is 239. The van der Waals surface area contributed by atoms with E-state index in [0.717, 1.165) is 45.8 Å². The van der Waals surface area contributed by atoms with Gasteiger partial charge in [-0.15, -0.1) is 0 Å². The van der Waals surface area contributed by atoms with Crippen molar-refractivity contribution in [2.24, 2.45) is 0 Å². The summed E-state index contributed by atoms with van der Waals surface area (Å²) in [4.78, 5) is 4.71. The van der Waals surface area contributed by atoms with E-state index in [-0.39, 0.29) is 5.54 Å². The Morgan fingerprint density at radius 2 is 1.88 bits per heavy atom. The van der Waals surface area contributed by atoms with E-state index in [4.69, 9.17) is 10.00 Å². The van der Waals surface area contributed by atoms with Crippen molar-refractivity contribution in [3.05, 3.63) is 0 Å². The smallest absolute Gasteiger partial charge is 0.103 e. The van der Waals surface area contributed by atoms with Gasteiger partial charge in [-0.05, 0) is 20.3 Å². The van der Waals surface area contributed by atoms with Gasteiger partial charge < -0.3 is 9.64 Å². The third-order valence-electron chi connectivity index (χ3n) is 3.26. The minimum Gasteiger partial charge on any atom is -0.385 e. The number of methoxy groups -OCH3 is 1. The molecule has 4 nitrogen and oxygen atoms in total. The number of nitrogens with zero attached hydrogens (tertiary/aromatic N) is 3. The Morgan fingerprint density at radius 1 is 1.25 bits per heavy atom. The number of hydrogen-bond acceptors (Lipinski definition) is 4. The minimum absolute atomic E-state index is 0.321. The Balaban J connectivity index is 2.26. The van der Waals surface area contributed by atoms with Gasteiger partial charge in [0.15, 0.2) is 0 Å². The van der Waals surface area contributed by atoms with Crippen molar-refractivity contribution < 1.29 is 4.74 Å². The van der Waals surface area contributed by atoms with Gasteiger partial charge in [0.2, 0.25) is 0 Å². The molecule has 0 radical (unpaired) electrons. The molecular formula is C12H23N3O. The Hall–Kier alpha value is -0.630. The first-order valence-corrected chi connectivity index (χ1v) is 5.98. The number of hydrogen-bond donors (Lipinski definition) is 0. The first-order valence-electron chi connectivity index (χ1n) is 5.98. The van der Waals surface area contributed by atoms with E-state index in [2.05, 4.69) is 15.9 Å². The normalized spacial score (nSPS) is 19.6. The molecule has 0 unspecified atom stereocenters. The summed E-state index contributed by atoms with van der Waals surface area (Å²) in [5, 5.41) is 9.06. The summed E-state index contributed by atoms with van der Waals surface area (Å²) >= 11 is 0. The summed E-state index contributed by atoms with van der Waals surface area (Å²) in [6.07, 6.45) is 1.10. The van der Waals surface area contributed by atoms with Crippen molar-refractivity contribution in [2.45, 2.75) is 25.8 Å². The highest BCUT2D eigenvalue weighted by Crippen LogP contribution is 2.15. The first kappa shape index (κ1) is 13.4. The molecule has 1 rings (SSSR count). The largest absolute Gasteiger partial charge is 0.385 e. The molecule has 1 aliphatic rings. The third-order valence-corrected chi connectivity index (χ3v) is 3.26. The fourth-order valence-corrected chi connectivity index (χ4v) is 2.03. The predicted octanol–water partition coefficient (Wildman–Crippen LogP) is 0.943. The number of ether oxygens (including phenoxy) is 1. The lowest BCUT2D eigenvalue weighted by atomic mass is 10.0. The van der Waals surface area contributed by atoms with Crippen LogP contribution in [-0.2, 0) is 4.74 Å². The number of piperazine rings is 1. The van der Waals surface area contributed by atoms with Crippen LogP contribution in [0, 0.1) is 11.3 Å². The summed E-state index contributed by atoms with van der Waals surface area (Å²) < 4.78 is 5.05. The molecule has 0 N–H and O–H groups in total.